The highest BCUT2D eigenvalue weighted by Crippen LogP contribution is 2.25. The molecule has 0 aliphatic carbocycles. The van der Waals surface area contributed by atoms with E-state index >= 15 is 0 Å². The first-order valence-corrected chi connectivity index (χ1v) is 10.4. The van der Waals surface area contributed by atoms with Crippen molar-refractivity contribution >= 4 is 53.0 Å². The minimum Gasteiger partial charge on any atom is -0.298 e. The van der Waals surface area contributed by atoms with E-state index in [1.807, 2.05) is 55.6 Å². The molecule has 0 heterocycles. The third-order valence-corrected chi connectivity index (χ3v) is 5.16. The van der Waals surface area contributed by atoms with Crippen LogP contribution in [0.5, 0.6) is 0 Å². The van der Waals surface area contributed by atoms with Crippen molar-refractivity contribution in [1.29, 1.82) is 0 Å². The summed E-state index contributed by atoms with van der Waals surface area (Å²) in [6.45, 7) is 5.29. The predicted octanol–water partition coefficient (Wildman–Crippen LogP) is 7.21. The number of allylic oxidation sites excluding steroid dienone is 1. The Balaban J connectivity index is 0.00000341. The van der Waals surface area contributed by atoms with Crippen LogP contribution < -0.4 is 0 Å². The van der Waals surface area contributed by atoms with Crippen molar-refractivity contribution in [2.24, 2.45) is 0 Å². The molecule has 0 atom stereocenters. The van der Waals surface area contributed by atoms with Crippen LogP contribution in [0.25, 0.3) is 11.6 Å². The number of rotatable bonds is 8. The second-order valence-corrected chi connectivity index (χ2v) is 8.08. The smallest absolute Gasteiger partial charge is 0.190 e. The van der Waals surface area contributed by atoms with Crippen LogP contribution in [0, 0.1) is 0 Å². The zero-order valence-electron chi connectivity index (χ0n) is 17.2. The fourth-order valence-electron chi connectivity index (χ4n) is 3.17. The molecule has 0 spiro atoms. The first-order chi connectivity index (χ1) is 14.4. The van der Waals surface area contributed by atoms with Crippen LogP contribution in [0.1, 0.15) is 16.7 Å². The molecule has 0 aliphatic heterocycles. The molecule has 160 valence electrons. The van der Waals surface area contributed by atoms with Crippen molar-refractivity contribution in [2.75, 3.05) is 13.6 Å². The number of hydrogen-bond donors (Lipinski definition) is 0. The number of carbonyl (C=O) groups excluding carboxylic acids is 1. The van der Waals surface area contributed by atoms with E-state index in [4.69, 9.17) is 23.2 Å². The van der Waals surface area contributed by atoms with Crippen molar-refractivity contribution in [3.05, 3.63) is 118 Å². The van der Waals surface area contributed by atoms with Gasteiger partial charge < -0.3 is 0 Å². The summed E-state index contributed by atoms with van der Waals surface area (Å²) in [6.07, 6.45) is 1.87. The minimum absolute atomic E-state index is 0. The normalized spacial score (nSPS) is 11.2. The number of likely N-dealkylation sites (N-methyl/N-ethyl adjacent to an activating group) is 1. The van der Waals surface area contributed by atoms with E-state index in [0.717, 1.165) is 17.7 Å². The Hall–Kier alpha value is -2.36. The van der Waals surface area contributed by atoms with Crippen molar-refractivity contribution in [3.8, 4) is 0 Å². The van der Waals surface area contributed by atoms with Gasteiger partial charge in [-0.1, -0.05) is 84.4 Å². The SMILES string of the molecule is C=C(CN(C)Cc1ccccc1)C(=O)/C(=C/c1ccc(Cl)cc1)c1ccc(Cl)cc1.Cl. The Bertz CT molecular complexity index is 1040. The van der Waals surface area contributed by atoms with E-state index in [9.17, 15) is 4.79 Å². The molecule has 3 rings (SSSR count). The lowest BCUT2D eigenvalue weighted by Crippen LogP contribution is -2.23. The average molecular weight is 473 g/mol. The largest absolute Gasteiger partial charge is 0.298 e. The summed E-state index contributed by atoms with van der Waals surface area (Å²) in [5.74, 6) is -0.0906. The van der Waals surface area contributed by atoms with Crippen LogP contribution in [0.4, 0.5) is 0 Å². The van der Waals surface area contributed by atoms with E-state index in [1.54, 1.807) is 24.3 Å². The molecule has 0 bridgehead atoms. The summed E-state index contributed by atoms with van der Waals surface area (Å²) >= 11 is 12.0. The van der Waals surface area contributed by atoms with Gasteiger partial charge in [0.15, 0.2) is 5.78 Å². The predicted molar refractivity (Wildman–Crippen MR) is 135 cm³/mol. The lowest BCUT2D eigenvalue weighted by molar-refractivity contribution is -0.110. The third kappa shape index (κ3) is 7.37. The van der Waals surface area contributed by atoms with E-state index in [2.05, 4.69) is 23.6 Å². The van der Waals surface area contributed by atoms with Crippen LogP contribution in [0.2, 0.25) is 10.0 Å². The van der Waals surface area contributed by atoms with Crippen molar-refractivity contribution in [1.82, 2.24) is 4.90 Å². The first-order valence-electron chi connectivity index (χ1n) is 9.60. The van der Waals surface area contributed by atoms with Gasteiger partial charge in [-0.05, 0) is 54.1 Å². The van der Waals surface area contributed by atoms with Gasteiger partial charge in [0.05, 0.1) is 0 Å². The molecule has 3 aromatic carbocycles. The van der Waals surface area contributed by atoms with Gasteiger partial charge in [0.1, 0.15) is 0 Å². The fraction of sp³-hybridized carbons (Fsp3) is 0.115. The quantitative estimate of drug-likeness (QED) is 0.255. The second-order valence-electron chi connectivity index (χ2n) is 7.21. The Kier molecular flexibility index (Phi) is 9.54. The van der Waals surface area contributed by atoms with E-state index < -0.39 is 0 Å². The van der Waals surface area contributed by atoms with Gasteiger partial charge in [0.2, 0.25) is 0 Å². The maximum Gasteiger partial charge on any atom is 0.190 e. The standard InChI is InChI=1S/C26H23Cl2NO.ClH/c1-19(17-29(2)18-21-6-4-3-5-7-21)26(30)25(22-10-14-24(28)15-11-22)16-20-8-12-23(27)13-9-20;/h3-16H,1,17-18H2,2H3;1H/b25-16+;. The van der Waals surface area contributed by atoms with E-state index in [1.165, 1.54) is 5.56 Å². The first kappa shape index (κ1) is 24.9. The summed E-state index contributed by atoms with van der Waals surface area (Å²) in [4.78, 5) is 15.4. The Morgan fingerprint density at radius 1 is 0.903 bits per heavy atom. The molecule has 2 nitrogen and oxygen atoms in total. The van der Waals surface area contributed by atoms with Crippen LogP contribution in [0.15, 0.2) is 91.0 Å². The average Bonchev–Trinajstić information content (AvgIpc) is 2.74. The summed E-state index contributed by atoms with van der Waals surface area (Å²) in [5, 5.41) is 1.27. The number of ketones is 1. The molecule has 0 fully saturated rings. The zero-order valence-corrected chi connectivity index (χ0v) is 19.6. The molecule has 0 saturated carbocycles. The zero-order chi connectivity index (χ0) is 21.5. The summed E-state index contributed by atoms with van der Waals surface area (Å²) in [7, 11) is 1.98. The Labute approximate surface area is 200 Å². The van der Waals surface area contributed by atoms with Crippen molar-refractivity contribution in [2.45, 2.75) is 6.54 Å². The molecule has 0 unspecified atom stereocenters. The number of halogens is 3. The number of carbonyl (C=O) groups is 1. The summed E-state index contributed by atoms with van der Waals surface area (Å²) in [6, 6.07) is 24.8. The van der Waals surface area contributed by atoms with Crippen LogP contribution in [-0.4, -0.2) is 24.3 Å². The molecule has 0 aromatic heterocycles. The fourth-order valence-corrected chi connectivity index (χ4v) is 3.43. The van der Waals surface area contributed by atoms with Gasteiger partial charge in [-0.2, -0.15) is 0 Å². The van der Waals surface area contributed by atoms with Gasteiger partial charge >= 0.3 is 0 Å². The Morgan fingerprint density at radius 2 is 1.45 bits per heavy atom. The minimum atomic E-state index is -0.0906. The molecule has 31 heavy (non-hydrogen) atoms. The molecule has 5 heteroatoms. The topological polar surface area (TPSA) is 20.3 Å². The molecule has 0 aliphatic rings. The van der Waals surface area contributed by atoms with Crippen molar-refractivity contribution in [3.63, 3.8) is 0 Å². The molecular weight excluding hydrogens is 449 g/mol. The summed E-state index contributed by atoms with van der Waals surface area (Å²) < 4.78 is 0. The lowest BCUT2D eigenvalue weighted by Gasteiger charge is -2.18. The van der Waals surface area contributed by atoms with Gasteiger partial charge in [0.25, 0.3) is 0 Å². The molecule has 0 amide bonds. The van der Waals surface area contributed by atoms with E-state index in [0.29, 0.717) is 27.7 Å². The van der Waals surface area contributed by atoms with Crippen LogP contribution in [-0.2, 0) is 11.3 Å². The third-order valence-electron chi connectivity index (χ3n) is 4.66. The highest BCUT2D eigenvalue weighted by atomic mass is 35.5. The molecule has 0 N–H and O–H groups in total. The van der Waals surface area contributed by atoms with Gasteiger partial charge in [-0.15, -0.1) is 12.4 Å². The van der Waals surface area contributed by atoms with Gasteiger partial charge in [0, 0.05) is 34.3 Å². The second kappa shape index (κ2) is 11.9. The maximum atomic E-state index is 13.3. The molecular formula is C26H24Cl3NO. The molecule has 3 aromatic rings. The highest BCUT2D eigenvalue weighted by molar-refractivity contribution is 6.33. The molecule has 0 radical (unpaired) electrons. The van der Waals surface area contributed by atoms with Gasteiger partial charge in [-0.3, -0.25) is 9.69 Å². The maximum absolute atomic E-state index is 13.3. The number of Topliss-reactive ketones (excluding diaryl/α,β-unsaturated/α-hetero) is 1. The molecule has 0 saturated heterocycles. The lowest BCUT2D eigenvalue weighted by atomic mass is 9.95. The number of hydrogen-bond acceptors (Lipinski definition) is 2. The number of nitrogens with zero attached hydrogens (tertiary/aromatic N) is 1. The monoisotopic (exact) mass is 471 g/mol. The number of benzene rings is 3. The highest BCUT2D eigenvalue weighted by Gasteiger charge is 2.17. The Morgan fingerprint density at radius 3 is 2.03 bits per heavy atom. The van der Waals surface area contributed by atoms with E-state index in [-0.39, 0.29) is 18.2 Å². The van der Waals surface area contributed by atoms with Crippen LogP contribution in [0.3, 0.4) is 0 Å². The van der Waals surface area contributed by atoms with Crippen molar-refractivity contribution < 1.29 is 4.79 Å². The van der Waals surface area contributed by atoms with Crippen LogP contribution >= 0.6 is 35.6 Å². The van der Waals surface area contributed by atoms with Gasteiger partial charge in [-0.25, -0.2) is 0 Å². The summed E-state index contributed by atoms with van der Waals surface area (Å²) in [5.41, 5.74) is 3.99.